The second-order valence-corrected chi connectivity index (χ2v) is 8.36. The lowest BCUT2D eigenvalue weighted by molar-refractivity contribution is 0.179. The monoisotopic (exact) mass is 389 g/mol. The van der Waals surface area contributed by atoms with E-state index >= 15 is 0 Å². The van der Waals surface area contributed by atoms with Crippen molar-refractivity contribution in [1.29, 1.82) is 0 Å². The van der Waals surface area contributed by atoms with Gasteiger partial charge in [0.2, 0.25) is 10.0 Å². The summed E-state index contributed by atoms with van der Waals surface area (Å²) < 4.78 is 33.1. The number of hydrogen-bond acceptors (Lipinski definition) is 5. The van der Waals surface area contributed by atoms with Crippen LogP contribution in [0.1, 0.15) is 18.9 Å². The van der Waals surface area contributed by atoms with Crippen LogP contribution >= 0.6 is 12.4 Å². The zero-order valence-electron chi connectivity index (χ0n) is 14.9. The average Bonchev–Trinajstić information content (AvgIpc) is 3.07. The maximum Gasteiger partial charge on any atom is 0.243 e. The highest BCUT2D eigenvalue weighted by Crippen LogP contribution is 2.28. The van der Waals surface area contributed by atoms with Gasteiger partial charge in [0.15, 0.2) is 0 Å². The first-order chi connectivity index (χ1) is 11.5. The standard InChI is InChI=1S/C17H27N3O3S.ClH/c1-3-23-16-4-5-17(14(2)12-16)24(21,22)20-9-6-15(13-20)19-10-7-18-8-11-19;/h4-5,12,15,18H,3,6-11,13H2,1-2H3;1H. The topological polar surface area (TPSA) is 61.9 Å². The highest BCUT2D eigenvalue weighted by atomic mass is 35.5. The molecule has 0 aliphatic carbocycles. The van der Waals surface area contributed by atoms with E-state index in [-0.39, 0.29) is 12.4 Å². The molecule has 2 fully saturated rings. The maximum absolute atomic E-state index is 13.0. The second-order valence-electron chi connectivity index (χ2n) is 6.45. The highest BCUT2D eigenvalue weighted by molar-refractivity contribution is 7.89. The predicted molar refractivity (Wildman–Crippen MR) is 101 cm³/mol. The summed E-state index contributed by atoms with van der Waals surface area (Å²) in [6, 6.07) is 5.56. The van der Waals surface area contributed by atoms with E-state index in [9.17, 15) is 8.42 Å². The average molecular weight is 390 g/mol. The molecule has 2 heterocycles. The Morgan fingerprint density at radius 3 is 2.60 bits per heavy atom. The third-order valence-corrected chi connectivity index (χ3v) is 6.89. The fourth-order valence-electron chi connectivity index (χ4n) is 3.58. The van der Waals surface area contributed by atoms with Crippen LogP contribution in [0, 0.1) is 6.92 Å². The van der Waals surface area contributed by atoms with Gasteiger partial charge in [-0.2, -0.15) is 4.31 Å². The van der Waals surface area contributed by atoms with Crippen LogP contribution < -0.4 is 10.1 Å². The van der Waals surface area contributed by atoms with Crippen molar-refractivity contribution in [3.05, 3.63) is 23.8 Å². The van der Waals surface area contributed by atoms with E-state index in [0.717, 1.165) is 38.2 Å². The van der Waals surface area contributed by atoms with E-state index in [4.69, 9.17) is 4.74 Å². The van der Waals surface area contributed by atoms with Crippen molar-refractivity contribution in [3.63, 3.8) is 0 Å². The number of hydrogen-bond donors (Lipinski definition) is 1. The molecule has 2 aliphatic heterocycles. The van der Waals surface area contributed by atoms with Gasteiger partial charge in [-0.1, -0.05) is 0 Å². The Morgan fingerprint density at radius 1 is 1.24 bits per heavy atom. The number of ether oxygens (including phenoxy) is 1. The van der Waals surface area contributed by atoms with E-state index in [0.29, 0.717) is 36.4 Å². The molecule has 0 saturated carbocycles. The molecule has 1 aromatic carbocycles. The molecule has 1 aromatic rings. The third kappa shape index (κ3) is 4.46. The molecule has 0 radical (unpaired) electrons. The van der Waals surface area contributed by atoms with E-state index in [1.54, 1.807) is 22.5 Å². The largest absolute Gasteiger partial charge is 0.494 e. The molecule has 8 heteroatoms. The molecular weight excluding hydrogens is 362 g/mol. The maximum atomic E-state index is 13.0. The van der Waals surface area contributed by atoms with Gasteiger partial charge < -0.3 is 10.1 Å². The third-order valence-electron chi connectivity index (χ3n) is 4.87. The number of nitrogens with zero attached hydrogens (tertiary/aromatic N) is 2. The summed E-state index contributed by atoms with van der Waals surface area (Å²) in [5.74, 6) is 0.717. The second kappa shape index (κ2) is 8.68. The van der Waals surface area contributed by atoms with Crippen LogP contribution in [0.4, 0.5) is 0 Å². The summed E-state index contributed by atoms with van der Waals surface area (Å²) in [6.07, 6.45) is 0.912. The van der Waals surface area contributed by atoms with Gasteiger partial charge in [0.05, 0.1) is 11.5 Å². The van der Waals surface area contributed by atoms with Crippen LogP contribution in [0.25, 0.3) is 0 Å². The first-order valence-corrected chi connectivity index (χ1v) is 10.1. The van der Waals surface area contributed by atoms with Crippen LogP contribution in [-0.2, 0) is 10.0 Å². The minimum Gasteiger partial charge on any atom is -0.494 e. The summed E-state index contributed by atoms with van der Waals surface area (Å²) >= 11 is 0. The number of aryl methyl sites for hydroxylation is 1. The van der Waals surface area contributed by atoms with Gasteiger partial charge in [-0.15, -0.1) is 12.4 Å². The van der Waals surface area contributed by atoms with Gasteiger partial charge in [0.1, 0.15) is 5.75 Å². The molecule has 1 atom stereocenters. The van der Waals surface area contributed by atoms with Crippen molar-refractivity contribution < 1.29 is 13.2 Å². The predicted octanol–water partition coefficient (Wildman–Crippen LogP) is 1.48. The lowest BCUT2D eigenvalue weighted by atomic mass is 10.2. The van der Waals surface area contributed by atoms with E-state index < -0.39 is 10.0 Å². The van der Waals surface area contributed by atoms with Gasteiger partial charge in [-0.25, -0.2) is 8.42 Å². The fourth-order valence-corrected chi connectivity index (χ4v) is 5.28. The minimum atomic E-state index is -3.44. The molecule has 25 heavy (non-hydrogen) atoms. The summed E-state index contributed by atoms with van der Waals surface area (Å²) in [4.78, 5) is 2.81. The zero-order chi connectivity index (χ0) is 17.2. The quantitative estimate of drug-likeness (QED) is 0.826. The van der Waals surface area contributed by atoms with Crippen LogP contribution in [0.5, 0.6) is 5.75 Å². The van der Waals surface area contributed by atoms with Crippen molar-refractivity contribution in [2.45, 2.75) is 31.2 Å². The van der Waals surface area contributed by atoms with E-state index in [1.165, 1.54) is 0 Å². The summed E-state index contributed by atoms with van der Waals surface area (Å²) in [6.45, 7) is 9.49. The van der Waals surface area contributed by atoms with Gasteiger partial charge in [-0.3, -0.25) is 4.90 Å². The smallest absolute Gasteiger partial charge is 0.243 e. The van der Waals surface area contributed by atoms with Crippen LogP contribution in [0.2, 0.25) is 0 Å². The number of rotatable bonds is 5. The van der Waals surface area contributed by atoms with Crippen molar-refractivity contribution in [2.24, 2.45) is 0 Å². The Bertz CT molecular complexity index is 678. The normalized spacial score (nSPS) is 22.6. The Hall–Kier alpha value is -0.860. The molecule has 2 saturated heterocycles. The van der Waals surface area contributed by atoms with Crippen molar-refractivity contribution in [3.8, 4) is 5.75 Å². The molecule has 142 valence electrons. The van der Waals surface area contributed by atoms with Gasteiger partial charge in [-0.05, 0) is 44.0 Å². The molecule has 1 N–H and O–H groups in total. The molecule has 0 amide bonds. The fraction of sp³-hybridized carbons (Fsp3) is 0.647. The SMILES string of the molecule is CCOc1ccc(S(=O)(=O)N2CCC(N3CCNCC3)C2)c(C)c1.Cl. The number of halogens is 1. The molecule has 2 aliphatic rings. The van der Waals surface area contributed by atoms with Crippen molar-refractivity contribution in [1.82, 2.24) is 14.5 Å². The Kier molecular flexibility index (Phi) is 7.10. The molecule has 6 nitrogen and oxygen atoms in total. The summed E-state index contributed by atoms with van der Waals surface area (Å²) in [7, 11) is -3.44. The summed E-state index contributed by atoms with van der Waals surface area (Å²) in [5, 5.41) is 3.34. The van der Waals surface area contributed by atoms with Crippen LogP contribution in [0.3, 0.4) is 0 Å². The van der Waals surface area contributed by atoms with Crippen molar-refractivity contribution >= 4 is 22.4 Å². The molecule has 0 bridgehead atoms. The number of piperazine rings is 1. The number of sulfonamides is 1. The highest BCUT2D eigenvalue weighted by Gasteiger charge is 2.36. The molecule has 3 rings (SSSR count). The van der Waals surface area contributed by atoms with Crippen LogP contribution in [-0.4, -0.2) is 69.5 Å². The Labute approximate surface area is 157 Å². The molecule has 0 spiro atoms. The first kappa shape index (κ1) is 20.5. The first-order valence-electron chi connectivity index (χ1n) is 8.70. The number of nitrogens with one attached hydrogen (secondary N) is 1. The molecule has 0 aromatic heterocycles. The summed E-state index contributed by atoms with van der Waals surface area (Å²) in [5.41, 5.74) is 0.742. The minimum absolute atomic E-state index is 0. The Balaban J connectivity index is 0.00000225. The molecular formula is C17H28ClN3O3S. The van der Waals surface area contributed by atoms with E-state index in [1.807, 2.05) is 13.8 Å². The lowest BCUT2D eigenvalue weighted by Gasteiger charge is -2.32. The molecule has 1 unspecified atom stereocenters. The van der Waals surface area contributed by atoms with Gasteiger partial charge in [0.25, 0.3) is 0 Å². The zero-order valence-corrected chi connectivity index (χ0v) is 16.5. The van der Waals surface area contributed by atoms with E-state index in [2.05, 4.69) is 10.2 Å². The lowest BCUT2D eigenvalue weighted by Crippen LogP contribution is -2.49. The van der Waals surface area contributed by atoms with Crippen molar-refractivity contribution in [2.75, 3.05) is 45.9 Å². The Morgan fingerprint density at radius 2 is 1.96 bits per heavy atom. The number of benzene rings is 1. The van der Waals surface area contributed by atoms with Gasteiger partial charge in [0, 0.05) is 45.3 Å². The van der Waals surface area contributed by atoms with Gasteiger partial charge >= 0.3 is 0 Å². The van der Waals surface area contributed by atoms with Crippen LogP contribution in [0.15, 0.2) is 23.1 Å².